The Kier molecular flexibility index (Phi) is 3.93. The Labute approximate surface area is 117 Å². The fraction of sp³-hybridized carbons (Fsp3) is 0.385. The van der Waals surface area contributed by atoms with E-state index in [0.717, 1.165) is 22.8 Å². The van der Waals surface area contributed by atoms with Gasteiger partial charge in [0.2, 0.25) is 0 Å². The zero-order valence-corrected chi connectivity index (χ0v) is 12.1. The third-order valence-electron chi connectivity index (χ3n) is 2.70. The van der Waals surface area contributed by atoms with E-state index in [2.05, 4.69) is 24.0 Å². The molecule has 0 aliphatic heterocycles. The van der Waals surface area contributed by atoms with Crippen LogP contribution in [0.15, 0.2) is 18.2 Å². The van der Waals surface area contributed by atoms with E-state index >= 15 is 0 Å². The lowest BCUT2D eigenvalue weighted by atomic mass is 10.1. The first-order chi connectivity index (χ1) is 8.52. The number of halogens is 2. The Bertz CT molecular complexity index is 541. The summed E-state index contributed by atoms with van der Waals surface area (Å²) in [7, 11) is 0. The summed E-state index contributed by atoms with van der Waals surface area (Å²) in [5.41, 5.74) is 2.07. The SMILES string of the molecule is Cc1cc(Cl)cc(-c2nnc(CCl)n2C(C)C)c1. The molecule has 3 nitrogen and oxygen atoms in total. The van der Waals surface area contributed by atoms with Crippen molar-refractivity contribution in [1.29, 1.82) is 0 Å². The Balaban J connectivity index is 2.60. The van der Waals surface area contributed by atoms with Crippen molar-refractivity contribution in [1.82, 2.24) is 14.8 Å². The molecule has 0 bridgehead atoms. The standard InChI is InChI=1S/C13H15Cl2N3/c1-8(2)18-12(7-14)16-17-13(18)10-4-9(3)5-11(15)6-10/h4-6,8H,7H2,1-3H3. The van der Waals surface area contributed by atoms with Crippen LogP contribution in [0.5, 0.6) is 0 Å². The molecule has 0 atom stereocenters. The maximum atomic E-state index is 6.09. The lowest BCUT2D eigenvalue weighted by molar-refractivity contribution is 0.585. The van der Waals surface area contributed by atoms with E-state index in [1.54, 1.807) is 0 Å². The highest BCUT2D eigenvalue weighted by atomic mass is 35.5. The summed E-state index contributed by atoms with van der Waals surface area (Å²) in [6.07, 6.45) is 0. The maximum Gasteiger partial charge on any atom is 0.164 e. The average molecular weight is 284 g/mol. The second-order valence-corrected chi connectivity index (χ2v) is 5.26. The minimum Gasteiger partial charge on any atom is -0.307 e. The molecule has 2 rings (SSSR count). The first-order valence-corrected chi connectivity index (χ1v) is 6.71. The highest BCUT2D eigenvalue weighted by Crippen LogP contribution is 2.26. The fourth-order valence-electron chi connectivity index (χ4n) is 2.02. The van der Waals surface area contributed by atoms with Crippen molar-refractivity contribution in [2.24, 2.45) is 0 Å². The van der Waals surface area contributed by atoms with Gasteiger partial charge in [-0.15, -0.1) is 21.8 Å². The van der Waals surface area contributed by atoms with Gasteiger partial charge < -0.3 is 4.57 Å². The number of hydrogen-bond donors (Lipinski definition) is 0. The molecular formula is C13H15Cl2N3. The van der Waals surface area contributed by atoms with Crippen LogP contribution >= 0.6 is 23.2 Å². The van der Waals surface area contributed by atoms with Gasteiger partial charge in [0.15, 0.2) is 5.82 Å². The Morgan fingerprint density at radius 2 is 1.94 bits per heavy atom. The average Bonchev–Trinajstić information content (AvgIpc) is 2.71. The van der Waals surface area contributed by atoms with Crippen molar-refractivity contribution in [2.75, 3.05) is 0 Å². The molecule has 0 saturated carbocycles. The second-order valence-electron chi connectivity index (χ2n) is 4.55. The molecule has 0 N–H and O–H groups in total. The predicted octanol–water partition coefficient (Wildman–Crippen LogP) is 4.23. The Morgan fingerprint density at radius 1 is 1.22 bits per heavy atom. The summed E-state index contributed by atoms with van der Waals surface area (Å²) >= 11 is 12.0. The van der Waals surface area contributed by atoms with Gasteiger partial charge in [-0.3, -0.25) is 0 Å². The van der Waals surface area contributed by atoms with Crippen molar-refractivity contribution in [3.05, 3.63) is 34.6 Å². The highest BCUT2D eigenvalue weighted by molar-refractivity contribution is 6.30. The molecule has 0 fully saturated rings. The van der Waals surface area contributed by atoms with Gasteiger partial charge in [0.05, 0.1) is 5.88 Å². The number of nitrogens with zero attached hydrogens (tertiary/aromatic N) is 3. The topological polar surface area (TPSA) is 30.7 Å². The number of hydrogen-bond acceptors (Lipinski definition) is 2. The fourth-order valence-corrected chi connectivity index (χ4v) is 2.49. The molecule has 0 spiro atoms. The third-order valence-corrected chi connectivity index (χ3v) is 3.16. The van der Waals surface area contributed by atoms with Gasteiger partial charge in [-0.2, -0.15) is 0 Å². The van der Waals surface area contributed by atoms with Crippen LogP contribution in [0.2, 0.25) is 5.02 Å². The van der Waals surface area contributed by atoms with Crippen molar-refractivity contribution >= 4 is 23.2 Å². The molecule has 0 unspecified atom stereocenters. The van der Waals surface area contributed by atoms with Crippen LogP contribution < -0.4 is 0 Å². The largest absolute Gasteiger partial charge is 0.307 e. The van der Waals surface area contributed by atoms with Crippen LogP contribution in [0.4, 0.5) is 0 Å². The van der Waals surface area contributed by atoms with Crippen LogP contribution in [0.3, 0.4) is 0 Å². The molecule has 96 valence electrons. The van der Waals surface area contributed by atoms with Crippen molar-refractivity contribution in [3.63, 3.8) is 0 Å². The third kappa shape index (κ3) is 2.52. The molecule has 1 aromatic heterocycles. The van der Waals surface area contributed by atoms with Gasteiger partial charge in [-0.05, 0) is 44.5 Å². The van der Waals surface area contributed by atoms with Crippen LogP contribution in [0.1, 0.15) is 31.3 Å². The highest BCUT2D eigenvalue weighted by Gasteiger charge is 2.16. The van der Waals surface area contributed by atoms with Gasteiger partial charge >= 0.3 is 0 Å². The first-order valence-electron chi connectivity index (χ1n) is 5.80. The lowest BCUT2D eigenvalue weighted by Crippen LogP contribution is -2.07. The van der Waals surface area contributed by atoms with Crippen LogP contribution in [0, 0.1) is 6.92 Å². The smallest absolute Gasteiger partial charge is 0.164 e. The van der Waals surface area contributed by atoms with Gasteiger partial charge in [-0.1, -0.05) is 11.6 Å². The summed E-state index contributed by atoms with van der Waals surface area (Å²) in [6, 6.07) is 6.12. The summed E-state index contributed by atoms with van der Waals surface area (Å²) in [4.78, 5) is 0. The quantitative estimate of drug-likeness (QED) is 0.790. The molecule has 0 radical (unpaired) electrons. The number of aryl methyl sites for hydroxylation is 1. The zero-order valence-electron chi connectivity index (χ0n) is 10.6. The molecule has 0 saturated heterocycles. The van der Waals surface area contributed by atoms with Crippen LogP contribution in [0.25, 0.3) is 11.4 Å². The summed E-state index contributed by atoms with van der Waals surface area (Å²) in [6.45, 7) is 6.18. The molecule has 2 aromatic rings. The zero-order chi connectivity index (χ0) is 13.3. The normalized spacial score (nSPS) is 11.2. The maximum absolute atomic E-state index is 6.09. The van der Waals surface area contributed by atoms with E-state index in [-0.39, 0.29) is 6.04 Å². The second kappa shape index (κ2) is 5.29. The van der Waals surface area contributed by atoms with E-state index in [1.807, 2.05) is 29.7 Å². The minimum absolute atomic E-state index is 0.253. The number of benzene rings is 1. The number of aromatic nitrogens is 3. The minimum atomic E-state index is 0.253. The van der Waals surface area contributed by atoms with Gasteiger partial charge in [0.25, 0.3) is 0 Å². The van der Waals surface area contributed by atoms with E-state index in [9.17, 15) is 0 Å². The van der Waals surface area contributed by atoms with Crippen LogP contribution in [-0.2, 0) is 5.88 Å². The Hall–Kier alpha value is -1.06. The van der Waals surface area contributed by atoms with Gasteiger partial charge in [-0.25, -0.2) is 0 Å². The molecule has 18 heavy (non-hydrogen) atoms. The summed E-state index contributed by atoms with van der Waals surface area (Å²) < 4.78 is 2.04. The Morgan fingerprint density at radius 3 is 2.50 bits per heavy atom. The lowest BCUT2D eigenvalue weighted by Gasteiger charge is -2.13. The molecule has 1 heterocycles. The van der Waals surface area contributed by atoms with Crippen LogP contribution in [-0.4, -0.2) is 14.8 Å². The molecule has 0 amide bonds. The monoisotopic (exact) mass is 283 g/mol. The van der Waals surface area contributed by atoms with E-state index in [0.29, 0.717) is 10.9 Å². The van der Waals surface area contributed by atoms with Crippen molar-refractivity contribution < 1.29 is 0 Å². The van der Waals surface area contributed by atoms with Gasteiger partial charge in [0.1, 0.15) is 5.82 Å². The van der Waals surface area contributed by atoms with E-state index in [1.165, 1.54) is 0 Å². The molecule has 5 heteroatoms. The van der Waals surface area contributed by atoms with E-state index < -0.39 is 0 Å². The number of rotatable bonds is 3. The summed E-state index contributed by atoms with van der Waals surface area (Å²) in [5.74, 6) is 1.94. The van der Waals surface area contributed by atoms with Crippen molar-refractivity contribution in [2.45, 2.75) is 32.7 Å². The molecule has 0 aliphatic carbocycles. The number of alkyl halides is 1. The molecule has 1 aromatic carbocycles. The van der Waals surface area contributed by atoms with E-state index in [4.69, 9.17) is 23.2 Å². The van der Waals surface area contributed by atoms with Gasteiger partial charge in [0, 0.05) is 16.6 Å². The first kappa shape index (κ1) is 13.4. The van der Waals surface area contributed by atoms with Crippen molar-refractivity contribution in [3.8, 4) is 11.4 Å². The molecular weight excluding hydrogens is 269 g/mol. The predicted molar refractivity (Wildman–Crippen MR) is 75.1 cm³/mol. The molecule has 0 aliphatic rings. The summed E-state index contributed by atoms with van der Waals surface area (Å²) in [5, 5.41) is 9.06.